The third-order valence-electron chi connectivity index (χ3n) is 4.36. The Bertz CT molecular complexity index is 820. The molecule has 2 aromatic carbocycles. The van der Waals surface area contributed by atoms with Gasteiger partial charge in [0.25, 0.3) is 11.8 Å². The molecule has 1 aliphatic rings. The molecule has 2 amide bonds. The summed E-state index contributed by atoms with van der Waals surface area (Å²) in [5, 5.41) is 5.90. The molecule has 6 heteroatoms. The van der Waals surface area contributed by atoms with E-state index in [1.165, 1.54) is 5.01 Å². The number of hydrazine groups is 1. The van der Waals surface area contributed by atoms with Gasteiger partial charge >= 0.3 is 0 Å². The highest BCUT2D eigenvalue weighted by atomic mass is 16.2. The number of nitrogens with one attached hydrogen (secondary N) is 2. The van der Waals surface area contributed by atoms with Crippen LogP contribution < -0.4 is 10.9 Å². The SMILES string of the molecule is CCC1=NN(C(=O)c2ccccc2)C(C)(NNC(=O)c2ccccc2)C1. The minimum Gasteiger partial charge on any atom is -0.285 e. The highest BCUT2D eigenvalue weighted by Gasteiger charge is 2.42. The van der Waals surface area contributed by atoms with Crippen LogP contribution in [0.3, 0.4) is 0 Å². The molecule has 1 aliphatic heterocycles. The molecule has 0 aliphatic carbocycles. The largest absolute Gasteiger partial charge is 0.285 e. The van der Waals surface area contributed by atoms with Crippen molar-refractivity contribution in [2.75, 3.05) is 0 Å². The molecule has 26 heavy (non-hydrogen) atoms. The van der Waals surface area contributed by atoms with Gasteiger partial charge in [0, 0.05) is 23.3 Å². The van der Waals surface area contributed by atoms with Gasteiger partial charge < -0.3 is 0 Å². The molecule has 0 spiro atoms. The van der Waals surface area contributed by atoms with Gasteiger partial charge in [-0.2, -0.15) is 5.10 Å². The van der Waals surface area contributed by atoms with E-state index >= 15 is 0 Å². The van der Waals surface area contributed by atoms with Crippen LogP contribution in [0.4, 0.5) is 0 Å². The molecule has 0 saturated heterocycles. The fourth-order valence-corrected chi connectivity index (χ4v) is 2.88. The van der Waals surface area contributed by atoms with E-state index in [0.29, 0.717) is 17.5 Å². The Labute approximate surface area is 152 Å². The second-order valence-corrected chi connectivity index (χ2v) is 6.40. The lowest BCUT2D eigenvalue weighted by atomic mass is 10.0. The number of carbonyl (C=O) groups is 2. The number of hydrogen-bond donors (Lipinski definition) is 2. The predicted octanol–water partition coefficient (Wildman–Crippen LogP) is 2.95. The molecular weight excluding hydrogens is 328 g/mol. The highest BCUT2D eigenvalue weighted by Crippen LogP contribution is 2.27. The van der Waals surface area contributed by atoms with E-state index in [9.17, 15) is 9.59 Å². The summed E-state index contributed by atoms with van der Waals surface area (Å²) in [6.07, 6.45) is 1.28. The first kappa shape index (κ1) is 17.8. The number of hydrogen-bond acceptors (Lipinski definition) is 4. The molecule has 0 fully saturated rings. The van der Waals surface area contributed by atoms with Crippen LogP contribution in [0.1, 0.15) is 47.4 Å². The average Bonchev–Trinajstić information content (AvgIpc) is 3.04. The summed E-state index contributed by atoms with van der Waals surface area (Å²) < 4.78 is 0. The van der Waals surface area contributed by atoms with Gasteiger partial charge in [0.05, 0.1) is 0 Å². The fraction of sp³-hybridized carbons (Fsp3) is 0.250. The van der Waals surface area contributed by atoms with Crippen molar-refractivity contribution in [3.63, 3.8) is 0 Å². The van der Waals surface area contributed by atoms with E-state index in [-0.39, 0.29) is 11.8 Å². The lowest BCUT2D eigenvalue weighted by Gasteiger charge is -2.33. The number of hydrazone groups is 1. The first-order chi connectivity index (χ1) is 12.5. The standard InChI is InChI=1S/C20H22N4O2/c1-3-17-14-20(2,23-21-18(25)15-10-6-4-7-11-15)24(22-17)19(26)16-12-8-5-9-13-16/h4-13,23H,3,14H2,1-2H3,(H,21,25). The van der Waals surface area contributed by atoms with Crippen molar-refractivity contribution < 1.29 is 9.59 Å². The van der Waals surface area contributed by atoms with Crippen LogP contribution in [0, 0.1) is 0 Å². The van der Waals surface area contributed by atoms with E-state index in [1.807, 2.05) is 38.1 Å². The van der Waals surface area contributed by atoms with Crippen LogP contribution in [0.25, 0.3) is 0 Å². The van der Waals surface area contributed by atoms with Crippen molar-refractivity contribution in [2.45, 2.75) is 32.4 Å². The number of carbonyl (C=O) groups excluding carboxylic acids is 2. The van der Waals surface area contributed by atoms with Crippen molar-refractivity contribution in [3.05, 3.63) is 71.8 Å². The van der Waals surface area contributed by atoms with E-state index in [1.54, 1.807) is 36.4 Å². The van der Waals surface area contributed by atoms with Crippen LogP contribution in [0.15, 0.2) is 65.8 Å². The predicted molar refractivity (Wildman–Crippen MR) is 100 cm³/mol. The quantitative estimate of drug-likeness (QED) is 0.814. The fourth-order valence-electron chi connectivity index (χ4n) is 2.88. The van der Waals surface area contributed by atoms with Crippen LogP contribution in [-0.2, 0) is 0 Å². The molecule has 2 N–H and O–H groups in total. The minimum atomic E-state index is -0.831. The number of rotatable bonds is 5. The highest BCUT2D eigenvalue weighted by molar-refractivity contribution is 5.98. The van der Waals surface area contributed by atoms with Crippen LogP contribution >= 0.6 is 0 Å². The van der Waals surface area contributed by atoms with Gasteiger partial charge in [0.2, 0.25) is 0 Å². The summed E-state index contributed by atoms with van der Waals surface area (Å²) in [6, 6.07) is 17.9. The minimum absolute atomic E-state index is 0.210. The zero-order valence-electron chi connectivity index (χ0n) is 14.9. The normalized spacial score (nSPS) is 19.2. The van der Waals surface area contributed by atoms with E-state index in [4.69, 9.17) is 0 Å². The Morgan fingerprint density at radius 2 is 1.62 bits per heavy atom. The van der Waals surface area contributed by atoms with E-state index in [2.05, 4.69) is 16.0 Å². The maximum absolute atomic E-state index is 12.9. The molecule has 6 nitrogen and oxygen atoms in total. The lowest BCUT2D eigenvalue weighted by Crippen LogP contribution is -2.60. The zero-order chi connectivity index (χ0) is 18.6. The lowest BCUT2D eigenvalue weighted by molar-refractivity contribution is 0.0438. The van der Waals surface area contributed by atoms with E-state index < -0.39 is 5.66 Å². The molecule has 0 saturated carbocycles. The first-order valence-electron chi connectivity index (χ1n) is 8.62. The molecule has 1 unspecified atom stereocenters. The first-order valence-corrected chi connectivity index (χ1v) is 8.62. The number of benzene rings is 2. The Balaban J connectivity index is 1.77. The van der Waals surface area contributed by atoms with Crippen molar-refractivity contribution in [2.24, 2.45) is 5.10 Å². The van der Waals surface area contributed by atoms with Gasteiger partial charge in [-0.25, -0.2) is 10.4 Å². The third-order valence-corrected chi connectivity index (χ3v) is 4.36. The van der Waals surface area contributed by atoms with Gasteiger partial charge in [0.1, 0.15) is 5.66 Å². The molecule has 0 radical (unpaired) electrons. The van der Waals surface area contributed by atoms with Gasteiger partial charge in [0.15, 0.2) is 0 Å². The van der Waals surface area contributed by atoms with Crippen molar-refractivity contribution in [1.82, 2.24) is 15.9 Å². The summed E-state index contributed by atoms with van der Waals surface area (Å²) in [5.74, 6) is -0.470. The summed E-state index contributed by atoms with van der Waals surface area (Å²) in [4.78, 5) is 25.2. The molecule has 2 aromatic rings. The summed E-state index contributed by atoms with van der Waals surface area (Å²) in [6.45, 7) is 3.85. The monoisotopic (exact) mass is 350 g/mol. The Morgan fingerprint density at radius 1 is 1.04 bits per heavy atom. The van der Waals surface area contributed by atoms with Crippen LogP contribution in [0.2, 0.25) is 0 Å². The van der Waals surface area contributed by atoms with Gasteiger partial charge in [-0.1, -0.05) is 43.3 Å². The Morgan fingerprint density at radius 3 is 2.19 bits per heavy atom. The molecule has 0 aromatic heterocycles. The number of nitrogens with zero attached hydrogens (tertiary/aromatic N) is 2. The molecule has 1 atom stereocenters. The molecule has 1 heterocycles. The van der Waals surface area contributed by atoms with Crippen LogP contribution in [0.5, 0.6) is 0 Å². The van der Waals surface area contributed by atoms with Gasteiger partial charge in [-0.15, -0.1) is 0 Å². The smallest absolute Gasteiger partial charge is 0.275 e. The Kier molecular flexibility index (Phi) is 5.14. The molecule has 0 bridgehead atoms. The van der Waals surface area contributed by atoms with E-state index in [0.717, 1.165) is 12.1 Å². The Hall–Kier alpha value is -2.99. The summed E-state index contributed by atoms with van der Waals surface area (Å²) >= 11 is 0. The second-order valence-electron chi connectivity index (χ2n) is 6.40. The van der Waals surface area contributed by atoms with Gasteiger partial charge in [-0.05, 0) is 37.6 Å². The molecule has 3 rings (SSSR count). The number of amides is 2. The van der Waals surface area contributed by atoms with Crippen molar-refractivity contribution >= 4 is 17.5 Å². The van der Waals surface area contributed by atoms with Crippen LogP contribution in [-0.4, -0.2) is 28.2 Å². The average molecular weight is 350 g/mol. The maximum Gasteiger partial charge on any atom is 0.275 e. The molecular formula is C20H22N4O2. The zero-order valence-corrected chi connectivity index (χ0v) is 14.9. The third kappa shape index (κ3) is 3.65. The molecule has 134 valence electrons. The van der Waals surface area contributed by atoms with Crippen molar-refractivity contribution in [1.29, 1.82) is 0 Å². The maximum atomic E-state index is 12.9. The van der Waals surface area contributed by atoms with Gasteiger partial charge in [-0.3, -0.25) is 15.0 Å². The summed E-state index contributed by atoms with van der Waals surface area (Å²) in [5.41, 5.74) is 6.88. The van der Waals surface area contributed by atoms with Crippen molar-refractivity contribution in [3.8, 4) is 0 Å². The second kappa shape index (κ2) is 7.49. The topological polar surface area (TPSA) is 73.8 Å². The summed E-state index contributed by atoms with van der Waals surface area (Å²) in [7, 11) is 0.